The summed E-state index contributed by atoms with van der Waals surface area (Å²) in [6, 6.07) is 7.40. The minimum atomic E-state index is -1.98. The van der Waals surface area contributed by atoms with E-state index in [1.54, 1.807) is 0 Å². The maximum Gasteiger partial charge on any atom is 0.229 e. The van der Waals surface area contributed by atoms with Gasteiger partial charge in [-0.2, -0.15) is 0 Å². The third-order valence-corrected chi connectivity index (χ3v) is 7.26. The molecule has 10 atom stereocenters. The average Bonchev–Trinajstić information content (AvgIpc) is 2.98. The van der Waals surface area contributed by atoms with E-state index in [2.05, 4.69) is 0 Å². The van der Waals surface area contributed by atoms with Crippen LogP contribution in [0.15, 0.2) is 45.6 Å². The van der Waals surface area contributed by atoms with Crippen molar-refractivity contribution in [2.75, 3.05) is 13.2 Å². The standard InChI is InChI=1S/C27H30O16/c28-7-15-18(34)19(35)21(37)26(40-15)43-24-16(8-29)41-27(22(38)20(24)36)42-23-13(33)5-11(31)17-12(32)6-14(39-25(17)23)9-1-3-10(30)4-2-9/h1-6,15-16,18-22,24,26-31,33-38H,7-8H2/t15-,16-,18-,19+,20-,21-,22-,24-,26-,27+/m1/s1. The van der Waals surface area contributed by atoms with Crippen molar-refractivity contribution in [3.63, 3.8) is 0 Å². The molecule has 2 fully saturated rings. The Balaban J connectivity index is 1.44. The second-order valence-electron chi connectivity index (χ2n) is 10.1. The SMILES string of the molecule is O=c1cc(-c2ccc(O)cc2)oc2c(O[C@@H]3O[C@H](CO)[C@@H](O[C@H]4O[C@H](CO)[C@@H](O)[C@H](O)[C@H]4O)[C@H](O)[C@H]3O)c(O)cc(O)c12. The number of ether oxygens (including phenoxy) is 4. The highest BCUT2D eigenvalue weighted by molar-refractivity contribution is 5.91. The van der Waals surface area contributed by atoms with Crippen LogP contribution in [0.1, 0.15) is 0 Å². The van der Waals surface area contributed by atoms with Crippen LogP contribution in [-0.2, 0) is 14.2 Å². The van der Waals surface area contributed by atoms with Crippen molar-refractivity contribution < 1.29 is 74.4 Å². The minimum absolute atomic E-state index is 0.0428. The lowest BCUT2D eigenvalue weighted by molar-refractivity contribution is -0.352. The fourth-order valence-corrected chi connectivity index (χ4v) is 4.93. The second kappa shape index (κ2) is 12.2. The number of phenols is 3. The third kappa shape index (κ3) is 5.73. The molecule has 0 saturated carbocycles. The van der Waals surface area contributed by atoms with E-state index in [4.69, 9.17) is 23.4 Å². The molecule has 0 radical (unpaired) electrons. The van der Waals surface area contributed by atoms with E-state index in [1.807, 2.05) is 0 Å². The summed E-state index contributed by atoms with van der Waals surface area (Å²) in [6.07, 6.45) is -17.3. The van der Waals surface area contributed by atoms with E-state index in [0.717, 1.165) is 12.1 Å². The molecular formula is C27H30O16. The highest BCUT2D eigenvalue weighted by Crippen LogP contribution is 2.42. The highest BCUT2D eigenvalue weighted by atomic mass is 16.7. The third-order valence-electron chi connectivity index (χ3n) is 7.26. The molecule has 234 valence electrons. The van der Waals surface area contributed by atoms with Crippen molar-refractivity contribution in [2.45, 2.75) is 61.4 Å². The molecule has 3 aromatic rings. The van der Waals surface area contributed by atoms with Gasteiger partial charge >= 0.3 is 0 Å². The number of aliphatic hydroxyl groups excluding tert-OH is 7. The first-order valence-corrected chi connectivity index (χ1v) is 13.0. The summed E-state index contributed by atoms with van der Waals surface area (Å²) in [5.41, 5.74) is -0.861. The van der Waals surface area contributed by atoms with Gasteiger partial charge in [0.1, 0.15) is 71.5 Å². The van der Waals surface area contributed by atoms with Gasteiger partial charge in [0.05, 0.1) is 13.2 Å². The van der Waals surface area contributed by atoms with Crippen molar-refractivity contribution in [3.05, 3.63) is 46.6 Å². The van der Waals surface area contributed by atoms with Crippen LogP contribution in [-0.4, -0.2) is 126 Å². The maximum atomic E-state index is 12.9. The predicted octanol–water partition coefficient (Wildman–Crippen LogP) is -2.42. The van der Waals surface area contributed by atoms with E-state index in [1.165, 1.54) is 24.3 Å². The molecule has 5 rings (SSSR count). The summed E-state index contributed by atoms with van der Waals surface area (Å²) in [4.78, 5) is 12.9. The van der Waals surface area contributed by atoms with Crippen molar-refractivity contribution in [2.24, 2.45) is 0 Å². The molecule has 16 heteroatoms. The molecule has 0 spiro atoms. The van der Waals surface area contributed by atoms with Gasteiger partial charge in [-0.05, 0) is 24.3 Å². The van der Waals surface area contributed by atoms with Crippen LogP contribution in [0.3, 0.4) is 0 Å². The van der Waals surface area contributed by atoms with Crippen molar-refractivity contribution in [3.8, 4) is 34.3 Å². The predicted molar refractivity (Wildman–Crippen MR) is 140 cm³/mol. The second-order valence-corrected chi connectivity index (χ2v) is 10.1. The average molecular weight is 611 g/mol. The number of aliphatic hydroxyl groups is 7. The molecular weight excluding hydrogens is 580 g/mol. The zero-order valence-corrected chi connectivity index (χ0v) is 22.1. The first kappa shape index (κ1) is 30.9. The molecule has 0 bridgehead atoms. The molecule has 2 aliphatic heterocycles. The van der Waals surface area contributed by atoms with Gasteiger partial charge in [0, 0.05) is 17.7 Å². The summed E-state index contributed by atoms with van der Waals surface area (Å²) >= 11 is 0. The Morgan fingerprint density at radius 3 is 2.00 bits per heavy atom. The highest BCUT2D eigenvalue weighted by Gasteiger charge is 2.51. The zero-order valence-electron chi connectivity index (χ0n) is 22.1. The van der Waals surface area contributed by atoms with Gasteiger partial charge in [-0.1, -0.05) is 0 Å². The Morgan fingerprint density at radius 1 is 0.721 bits per heavy atom. The molecule has 2 saturated heterocycles. The first-order valence-electron chi connectivity index (χ1n) is 13.0. The van der Waals surface area contributed by atoms with Crippen molar-refractivity contribution in [1.29, 1.82) is 0 Å². The van der Waals surface area contributed by atoms with E-state index in [9.17, 15) is 55.9 Å². The summed E-state index contributed by atoms with van der Waals surface area (Å²) < 4.78 is 27.8. The molecule has 0 amide bonds. The summed E-state index contributed by atoms with van der Waals surface area (Å²) in [5, 5.41) is 102. The van der Waals surface area contributed by atoms with E-state index in [-0.39, 0.29) is 11.5 Å². The summed E-state index contributed by atoms with van der Waals surface area (Å²) in [7, 11) is 0. The topological polar surface area (TPSA) is 269 Å². The van der Waals surface area contributed by atoms with Crippen LogP contribution in [0, 0.1) is 0 Å². The van der Waals surface area contributed by atoms with Crippen LogP contribution in [0.4, 0.5) is 0 Å². The lowest BCUT2D eigenvalue weighted by atomic mass is 9.97. The normalized spacial score (nSPS) is 33.0. The minimum Gasteiger partial charge on any atom is -0.508 e. The fraction of sp³-hybridized carbons (Fsp3) is 0.444. The van der Waals surface area contributed by atoms with Crippen LogP contribution in [0.25, 0.3) is 22.3 Å². The number of hydrogen-bond acceptors (Lipinski definition) is 16. The number of aromatic hydroxyl groups is 3. The molecule has 0 unspecified atom stereocenters. The number of hydrogen-bond donors (Lipinski definition) is 10. The Bertz CT molecular complexity index is 1490. The van der Waals surface area contributed by atoms with Gasteiger partial charge in [0.25, 0.3) is 0 Å². The largest absolute Gasteiger partial charge is 0.508 e. The number of rotatable bonds is 7. The van der Waals surface area contributed by atoms with Gasteiger partial charge < -0.3 is 74.4 Å². The monoisotopic (exact) mass is 610 g/mol. The molecule has 3 heterocycles. The molecule has 2 aliphatic rings. The molecule has 43 heavy (non-hydrogen) atoms. The Kier molecular flexibility index (Phi) is 8.77. The van der Waals surface area contributed by atoms with Crippen LogP contribution >= 0.6 is 0 Å². The van der Waals surface area contributed by atoms with Gasteiger partial charge in [-0.3, -0.25) is 4.79 Å². The lowest BCUT2D eigenvalue weighted by Crippen LogP contribution is -2.65. The van der Waals surface area contributed by atoms with E-state index < -0.39 is 108 Å². The Labute approximate surface area is 241 Å². The maximum absolute atomic E-state index is 12.9. The smallest absolute Gasteiger partial charge is 0.229 e. The number of phenolic OH excluding ortho intramolecular Hbond substituents is 3. The lowest BCUT2D eigenvalue weighted by Gasteiger charge is -2.45. The van der Waals surface area contributed by atoms with Gasteiger partial charge in [0.15, 0.2) is 23.1 Å². The first-order chi connectivity index (χ1) is 20.4. The Morgan fingerprint density at radius 2 is 1.35 bits per heavy atom. The molecule has 16 nitrogen and oxygen atoms in total. The van der Waals surface area contributed by atoms with Crippen molar-refractivity contribution in [1.82, 2.24) is 0 Å². The van der Waals surface area contributed by atoms with Crippen LogP contribution < -0.4 is 10.2 Å². The van der Waals surface area contributed by atoms with Gasteiger partial charge in [-0.25, -0.2) is 0 Å². The summed E-state index contributed by atoms with van der Waals surface area (Å²) in [6.45, 7) is -1.61. The van der Waals surface area contributed by atoms with Gasteiger partial charge in [0.2, 0.25) is 12.0 Å². The molecule has 1 aromatic heterocycles. The van der Waals surface area contributed by atoms with Gasteiger partial charge in [-0.15, -0.1) is 0 Å². The van der Waals surface area contributed by atoms with E-state index in [0.29, 0.717) is 5.56 Å². The zero-order chi connectivity index (χ0) is 31.2. The van der Waals surface area contributed by atoms with Crippen LogP contribution in [0.2, 0.25) is 0 Å². The van der Waals surface area contributed by atoms with Crippen LogP contribution in [0.5, 0.6) is 23.0 Å². The molecule has 2 aromatic carbocycles. The van der Waals surface area contributed by atoms with Crippen molar-refractivity contribution >= 4 is 11.0 Å². The summed E-state index contributed by atoms with van der Waals surface area (Å²) in [5.74, 6) is -2.08. The quantitative estimate of drug-likeness (QED) is 0.133. The van der Waals surface area contributed by atoms with E-state index >= 15 is 0 Å². The fourth-order valence-electron chi connectivity index (χ4n) is 4.93. The molecule has 0 aliphatic carbocycles. The number of benzene rings is 2. The Hall–Kier alpha value is -3.55. The number of fused-ring (bicyclic) bond motifs is 1. The molecule has 10 N–H and O–H groups in total.